The van der Waals surface area contributed by atoms with Gasteiger partial charge in [-0.15, -0.1) is 0 Å². The van der Waals surface area contributed by atoms with Gasteiger partial charge in [-0.2, -0.15) is 0 Å². The molecule has 0 saturated heterocycles. The minimum Gasteiger partial charge on any atom is -0.494 e. The molecule has 0 aliphatic rings. The molecule has 1 aromatic carbocycles. The zero-order valence-corrected chi connectivity index (χ0v) is 16.2. The van der Waals surface area contributed by atoms with Gasteiger partial charge in [0, 0.05) is 11.9 Å². The zero-order chi connectivity index (χ0) is 19.5. The number of aromatic hydroxyl groups is 1. The second-order valence-corrected chi connectivity index (χ2v) is 6.48. The van der Waals surface area contributed by atoms with Crippen molar-refractivity contribution in [2.75, 3.05) is 11.9 Å². The van der Waals surface area contributed by atoms with Crippen molar-refractivity contribution < 1.29 is 14.6 Å². The second-order valence-electron chi connectivity index (χ2n) is 6.07. The van der Waals surface area contributed by atoms with E-state index in [4.69, 9.17) is 17.0 Å². The normalized spacial score (nSPS) is 10.3. The molecule has 2 rings (SSSR count). The highest BCUT2D eigenvalue weighted by Gasteiger charge is 2.12. The molecule has 0 radical (unpaired) electrons. The number of anilines is 1. The van der Waals surface area contributed by atoms with Crippen molar-refractivity contribution in [2.24, 2.45) is 0 Å². The van der Waals surface area contributed by atoms with Gasteiger partial charge in [0.25, 0.3) is 5.91 Å². The standard InChI is InChI=1S/C20H25N3O3S/c1-2-3-4-5-6-14-26-16-11-9-15(10-12-16)22-20(27)23-19(25)17-8-7-13-21-18(17)24/h7-13H,2-6,14H2,1H3,(H,21,24)(H2,22,23,25,27). The summed E-state index contributed by atoms with van der Waals surface area (Å²) in [5.41, 5.74) is 0.787. The molecule has 2 aromatic rings. The predicted molar refractivity (Wildman–Crippen MR) is 110 cm³/mol. The minimum absolute atomic E-state index is 0.0596. The summed E-state index contributed by atoms with van der Waals surface area (Å²) in [5.74, 6) is -0.0681. The van der Waals surface area contributed by atoms with Crippen LogP contribution in [0.25, 0.3) is 0 Å². The first-order valence-electron chi connectivity index (χ1n) is 9.09. The summed E-state index contributed by atoms with van der Waals surface area (Å²) in [6.07, 6.45) is 7.41. The van der Waals surface area contributed by atoms with E-state index >= 15 is 0 Å². The molecule has 1 heterocycles. The number of carbonyl (C=O) groups excluding carboxylic acids is 1. The van der Waals surface area contributed by atoms with E-state index < -0.39 is 5.91 Å². The number of amides is 1. The topological polar surface area (TPSA) is 83.5 Å². The van der Waals surface area contributed by atoms with Gasteiger partial charge >= 0.3 is 0 Å². The Balaban J connectivity index is 1.76. The molecule has 0 aliphatic carbocycles. The van der Waals surface area contributed by atoms with E-state index in [1.165, 1.54) is 37.9 Å². The fraction of sp³-hybridized carbons (Fsp3) is 0.350. The highest BCUT2D eigenvalue weighted by Crippen LogP contribution is 2.17. The molecule has 0 aliphatic heterocycles. The van der Waals surface area contributed by atoms with Crippen LogP contribution in [0.5, 0.6) is 11.6 Å². The van der Waals surface area contributed by atoms with Crippen molar-refractivity contribution >= 4 is 28.9 Å². The number of rotatable bonds is 9. The first kappa shape index (κ1) is 20.6. The Labute approximate surface area is 165 Å². The van der Waals surface area contributed by atoms with Gasteiger partial charge in [0.05, 0.1) is 6.61 Å². The Morgan fingerprint density at radius 1 is 1.15 bits per heavy atom. The van der Waals surface area contributed by atoms with Crippen molar-refractivity contribution in [3.8, 4) is 11.6 Å². The van der Waals surface area contributed by atoms with Crippen LogP contribution >= 0.6 is 12.2 Å². The molecule has 27 heavy (non-hydrogen) atoms. The van der Waals surface area contributed by atoms with Crippen LogP contribution in [0.2, 0.25) is 0 Å². The summed E-state index contributed by atoms with van der Waals surface area (Å²) in [6, 6.07) is 10.4. The quantitative estimate of drug-likeness (QED) is 0.440. The highest BCUT2D eigenvalue weighted by molar-refractivity contribution is 7.80. The van der Waals surface area contributed by atoms with Gasteiger partial charge in [-0.25, -0.2) is 4.98 Å². The lowest BCUT2D eigenvalue weighted by atomic mass is 10.2. The van der Waals surface area contributed by atoms with E-state index in [-0.39, 0.29) is 16.6 Å². The molecule has 0 fully saturated rings. The van der Waals surface area contributed by atoms with Gasteiger partial charge in [0.15, 0.2) is 5.11 Å². The second kappa shape index (κ2) is 11.1. The molecule has 0 spiro atoms. The maximum Gasteiger partial charge on any atom is 0.262 e. The first-order valence-corrected chi connectivity index (χ1v) is 9.50. The molecule has 0 unspecified atom stereocenters. The van der Waals surface area contributed by atoms with Crippen molar-refractivity contribution in [3.63, 3.8) is 0 Å². The SMILES string of the molecule is CCCCCCCOc1ccc(NC(=S)NC(=O)c2cccnc2O)cc1. The molecule has 0 saturated carbocycles. The Morgan fingerprint density at radius 2 is 1.89 bits per heavy atom. The van der Waals surface area contributed by atoms with Gasteiger partial charge < -0.3 is 15.2 Å². The molecule has 0 atom stereocenters. The summed E-state index contributed by atoms with van der Waals surface area (Å²) in [7, 11) is 0. The third kappa shape index (κ3) is 7.22. The van der Waals surface area contributed by atoms with Crippen LogP contribution in [0, 0.1) is 0 Å². The van der Waals surface area contributed by atoms with Crippen LogP contribution in [0.1, 0.15) is 49.4 Å². The number of hydrogen-bond donors (Lipinski definition) is 3. The van der Waals surface area contributed by atoms with E-state index in [2.05, 4.69) is 22.5 Å². The van der Waals surface area contributed by atoms with Gasteiger partial charge in [-0.3, -0.25) is 10.1 Å². The molecular formula is C20H25N3O3S. The maximum atomic E-state index is 12.1. The monoisotopic (exact) mass is 387 g/mol. The summed E-state index contributed by atoms with van der Waals surface area (Å²) in [4.78, 5) is 15.7. The largest absolute Gasteiger partial charge is 0.494 e. The molecule has 7 heteroatoms. The number of nitrogens with zero attached hydrogens (tertiary/aromatic N) is 1. The first-order chi connectivity index (χ1) is 13.1. The number of hydrogen-bond acceptors (Lipinski definition) is 5. The number of thiocarbonyl (C=S) groups is 1. The minimum atomic E-state index is -0.527. The van der Waals surface area contributed by atoms with Gasteiger partial charge in [0.2, 0.25) is 5.88 Å². The number of ether oxygens (including phenoxy) is 1. The van der Waals surface area contributed by atoms with Crippen LogP contribution in [-0.2, 0) is 0 Å². The van der Waals surface area contributed by atoms with Crippen LogP contribution in [0.15, 0.2) is 42.6 Å². The fourth-order valence-electron chi connectivity index (χ4n) is 2.44. The number of pyridine rings is 1. The molecule has 0 bridgehead atoms. The van der Waals surface area contributed by atoms with E-state index in [9.17, 15) is 9.90 Å². The van der Waals surface area contributed by atoms with Crippen LogP contribution in [-0.4, -0.2) is 27.7 Å². The number of aromatic nitrogens is 1. The summed E-state index contributed by atoms with van der Waals surface area (Å²) >= 11 is 5.13. The molecule has 1 amide bonds. The fourth-order valence-corrected chi connectivity index (χ4v) is 2.65. The van der Waals surface area contributed by atoms with E-state index in [1.54, 1.807) is 6.07 Å². The summed E-state index contributed by atoms with van der Waals surface area (Å²) in [5, 5.41) is 15.2. The van der Waals surface area contributed by atoms with Crippen molar-refractivity contribution in [3.05, 3.63) is 48.2 Å². The lowest BCUT2D eigenvalue weighted by Crippen LogP contribution is -2.34. The number of carbonyl (C=O) groups is 1. The predicted octanol–water partition coefficient (Wildman–Crippen LogP) is 4.26. The average Bonchev–Trinajstić information content (AvgIpc) is 2.66. The Kier molecular flexibility index (Phi) is 8.51. The zero-order valence-electron chi connectivity index (χ0n) is 15.4. The van der Waals surface area contributed by atoms with E-state index in [0.29, 0.717) is 6.61 Å². The molecule has 1 aromatic heterocycles. The molecule has 144 valence electrons. The Bertz CT molecular complexity index is 750. The van der Waals surface area contributed by atoms with Crippen molar-refractivity contribution in [2.45, 2.75) is 39.0 Å². The number of benzene rings is 1. The lowest BCUT2D eigenvalue weighted by molar-refractivity contribution is 0.0974. The van der Waals surface area contributed by atoms with Crippen molar-refractivity contribution in [1.82, 2.24) is 10.3 Å². The van der Waals surface area contributed by atoms with Crippen LogP contribution in [0.3, 0.4) is 0 Å². The Hall–Kier alpha value is -2.67. The van der Waals surface area contributed by atoms with Gasteiger partial charge in [-0.05, 0) is 55.0 Å². The smallest absolute Gasteiger partial charge is 0.262 e. The van der Waals surface area contributed by atoms with Crippen LogP contribution in [0.4, 0.5) is 5.69 Å². The Morgan fingerprint density at radius 3 is 2.59 bits per heavy atom. The number of unbranched alkanes of at least 4 members (excludes halogenated alkanes) is 4. The van der Waals surface area contributed by atoms with Crippen molar-refractivity contribution in [1.29, 1.82) is 0 Å². The third-order valence-corrected chi connectivity index (χ3v) is 4.09. The van der Waals surface area contributed by atoms with Gasteiger partial charge in [0.1, 0.15) is 11.3 Å². The summed E-state index contributed by atoms with van der Waals surface area (Å²) in [6.45, 7) is 2.91. The highest BCUT2D eigenvalue weighted by atomic mass is 32.1. The van der Waals surface area contributed by atoms with E-state index in [0.717, 1.165) is 17.9 Å². The lowest BCUT2D eigenvalue weighted by Gasteiger charge is -2.11. The summed E-state index contributed by atoms with van der Waals surface area (Å²) < 4.78 is 5.72. The molecular weight excluding hydrogens is 362 g/mol. The van der Waals surface area contributed by atoms with Crippen LogP contribution < -0.4 is 15.4 Å². The van der Waals surface area contributed by atoms with Gasteiger partial charge in [-0.1, -0.05) is 32.6 Å². The van der Waals surface area contributed by atoms with E-state index in [1.807, 2.05) is 24.3 Å². The number of nitrogens with one attached hydrogen (secondary N) is 2. The maximum absolute atomic E-state index is 12.1. The third-order valence-electron chi connectivity index (χ3n) is 3.89. The molecule has 3 N–H and O–H groups in total. The average molecular weight is 388 g/mol. The molecule has 6 nitrogen and oxygen atoms in total.